The zero-order valence-corrected chi connectivity index (χ0v) is 21.0. The van der Waals surface area contributed by atoms with Gasteiger partial charge in [-0.15, -0.1) is 5.10 Å². The third-order valence-electron chi connectivity index (χ3n) is 7.22. The molecule has 2 fully saturated rings. The molecule has 1 aliphatic carbocycles. The Hall–Kier alpha value is -2.97. The maximum Gasteiger partial charge on any atom is 0.271 e. The molecular weight excluding hydrogens is 460 g/mol. The van der Waals surface area contributed by atoms with E-state index in [4.69, 9.17) is 0 Å². The smallest absolute Gasteiger partial charge is 0.271 e. The lowest BCUT2D eigenvalue weighted by Crippen LogP contribution is -2.49. The number of sulfonamides is 1. The average Bonchev–Trinajstić information content (AvgIpc) is 2.90. The molecule has 1 aliphatic heterocycles. The third kappa shape index (κ3) is 5.04. The lowest BCUT2D eigenvalue weighted by atomic mass is 9.84. The van der Waals surface area contributed by atoms with Crippen LogP contribution in [0.2, 0.25) is 0 Å². The van der Waals surface area contributed by atoms with Gasteiger partial charge < -0.3 is 4.90 Å². The third-order valence-corrected chi connectivity index (χ3v) is 9.13. The van der Waals surface area contributed by atoms with Crippen molar-refractivity contribution in [3.05, 3.63) is 82.1 Å². The summed E-state index contributed by atoms with van der Waals surface area (Å²) in [6, 6.07) is 18.4. The Balaban J connectivity index is 1.27. The maximum absolute atomic E-state index is 13.3. The molecule has 1 saturated heterocycles. The van der Waals surface area contributed by atoms with Gasteiger partial charge in [-0.2, -0.15) is 8.99 Å². The lowest BCUT2D eigenvalue weighted by Gasteiger charge is -2.34. The first-order valence-electron chi connectivity index (χ1n) is 12.4. The molecule has 0 amide bonds. The minimum Gasteiger partial charge on any atom is -0.353 e. The zero-order valence-electron chi connectivity index (χ0n) is 20.1. The van der Waals surface area contributed by atoms with E-state index >= 15 is 0 Å². The number of hydrogen-bond acceptors (Lipinski definition) is 5. The van der Waals surface area contributed by atoms with E-state index < -0.39 is 10.0 Å². The molecule has 0 unspecified atom stereocenters. The molecule has 5 rings (SSSR count). The van der Waals surface area contributed by atoms with Crippen molar-refractivity contribution in [2.45, 2.75) is 49.8 Å². The highest BCUT2D eigenvalue weighted by molar-refractivity contribution is 7.89. The number of aromatic nitrogens is 2. The van der Waals surface area contributed by atoms with E-state index in [0.717, 1.165) is 5.56 Å². The highest BCUT2D eigenvalue weighted by Crippen LogP contribution is 2.33. The standard InChI is InChI=1S/C27H32N4O3S/c1-21-7-11-24(12-8-21)31-27(32)16-15-26(28-31)29-17-19-30(20-18-29)35(33,34)25-13-9-23(10-14-25)22-5-3-2-4-6-22/h7-16,22H,2-6,17-20H2,1H3. The van der Waals surface area contributed by atoms with Crippen LogP contribution in [0.3, 0.4) is 0 Å². The summed E-state index contributed by atoms with van der Waals surface area (Å²) in [5, 5.41) is 4.56. The van der Waals surface area contributed by atoms with Crippen molar-refractivity contribution in [1.29, 1.82) is 0 Å². The van der Waals surface area contributed by atoms with Crippen molar-refractivity contribution < 1.29 is 8.42 Å². The van der Waals surface area contributed by atoms with E-state index in [-0.39, 0.29) is 5.56 Å². The van der Waals surface area contributed by atoms with Gasteiger partial charge in [0.1, 0.15) is 5.82 Å². The second-order valence-electron chi connectivity index (χ2n) is 9.57. The molecule has 0 radical (unpaired) electrons. The van der Waals surface area contributed by atoms with Gasteiger partial charge in [0.05, 0.1) is 10.6 Å². The molecule has 1 aromatic heterocycles. The second kappa shape index (κ2) is 9.95. The minimum absolute atomic E-state index is 0.199. The quantitative estimate of drug-likeness (QED) is 0.536. The summed E-state index contributed by atoms with van der Waals surface area (Å²) in [7, 11) is -3.55. The van der Waals surface area contributed by atoms with E-state index in [1.165, 1.54) is 48.4 Å². The van der Waals surface area contributed by atoms with Gasteiger partial charge in [-0.05, 0) is 61.6 Å². The van der Waals surface area contributed by atoms with Crippen LogP contribution in [0.4, 0.5) is 5.82 Å². The van der Waals surface area contributed by atoms with E-state index in [0.29, 0.717) is 48.5 Å². The monoisotopic (exact) mass is 492 g/mol. The number of benzene rings is 2. The number of rotatable bonds is 5. The highest BCUT2D eigenvalue weighted by Gasteiger charge is 2.29. The van der Waals surface area contributed by atoms with Crippen molar-refractivity contribution >= 4 is 15.8 Å². The molecule has 3 aromatic rings. The van der Waals surface area contributed by atoms with Gasteiger partial charge in [-0.25, -0.2) is 8.42 Å². The topological polar surface area (TPSA) is 75.5 Å². The number of hydrogen-bond donors (Lipinski definition) is 0. The van der Waals surface area contributed by atoms with Gasteiger partial charge in [0.25, 0.3) is 5.56 Å². The van der Waals surface area contributed by atoms with Crippen LogP contribution in [-0.4, -0.2) is 48.7 Å². The molecule has 7 nitrogen and oxygen atoms in total. The van der Waals surface area contributed by atoms with Gasteiger partial charge in [-0.3, -0.25) is 4.79 Å². The summed E-state index contributed by atoms with van der Waals surface area (Å²) >= 11 is 0. The fourth-order valence-corrected chi connectivity index (χ4v) is 6.52. The van der Waals surface area contributed by atoms with Crippen LogP contribution in [0.25, 0.3) is 5.69 Å². The summed E-state index contributed by atoms with van der Waals surface area (Å²) < 4.78 is 29.5. The predicted octanol–water partition coefficient (Wildman–Crippen LogP) is 4.10. The van der Waals surface area contributed by atoms with Gasteiger partial charge in [0.15, 0.2) is 0 Å². The molecule has 35 heavy (non-hydrogen) atoms. The Kier molecular flexibility index (Phi) is 6.75. The van der Waals surface area contributed by atoms with Crippen LogP contribution < -0.4 is 10.5 Å². The molecular formula is C27H32N4O3S. The maximum atomic E-state index is 13.3. The Morgan fingerprint density at radius 2 is 1.46 bits per heavy atom. The fourth-order valence-electron chi connectivity index (χ4n) is 5.10. The molecule has 0 spiro atoms. The van der Waals surface area contributed by atoms with Crippen molar-refractivity contribution in [1.82, 2.24) is 14.1 Å². The summed E-state index contributed by atoms with van der Waals surface area (Å²) in [6.07, 6.45) is 6.20. The number of piperazine rings is 1. The summed E-state index contributed by atoms with van der Waals surface area (Å²) in [4.78, 5) is 14.8. The van der Waals surface area contributed by atoms with E-state index in [1.807, 2.05) is 48.2 Å². The summed E-state index contributed by atoms with van der Waals surface area (Å²) in [5.41, 5.74) is 2.87. The van der Waals surface area contributed by atoms with Crippen molar-refractivity contribution in [2.24, 2.45) is 0 Å². The highest BCUT2D eigenvalue weighted by atomic mass is 32.2. The van der Waals surface area contributed by atoms with Gasteiger partial charge in [-0.1, -0.05) is 49.1 Å². The lowest BCUT2D eigenvalue weighted by molar-refractivity contribution is 0.383. The Morgan fingerprint density at radius 1 is 0.800 bits per heavy atom. The molecule has 0 atom stereocenters. The molecule has 1 saturated carbocycles. The first-order chi connectivity index (χ1) is 16.9. The van der Waals surface area contributed by atoms with Crippen LogP contribution in [0, 0.1) is 6.92 Å². The first kappa shape index (κ1) is 23.8. The molecule has 0 N–H and O–H groups in total. The number of aryl methyl sites for hydroxylation is 1. The molecule has 184 valence electrons. The van der Waals surface area contributed by atoms with E-state index in [1.54, 1.807) is 22.5 Å². The summed E-state index contributed by atoms with van der Waals surface area (Å²) in [5.74, 6) is 1.22. The van der Waals surface area contributed by atoms with Gasteiger partial charge in [0.2, 0.25) is 10.0 Å². The predicted molar refractivity (Wildman–Crippen MR) is 138 cm³/mol. The SMILES string of the molecule is Cc1ccc(-n2nc(N3CCN(S(=O)(=O)c4ccc(C5CCCCC5)cc4)CC3)ccc2=O)cc1. The first-order valence-corrected chi connectivity index (χ1v) is 13.9. The molecule has 2 aliphatic rings. The van der Waals surface area contributed by atoms with Crippen LogP contribution in [0.15, 0.2) is 70.4 Å². The van der Waals surface area contributed by atoms with Gasteiger partial charge in [0, 0.05) is 32.2 Å². The fraction of sp³-hybridized carbons (Fsp3) is 0.407. The van der Waals surface area contributed by atoms with Crippen LogP contribution >= 0.6 is 0 Å². The number of nitrogens with zero attached hydrogens (tertiary/aromatic N) is 4. The average molecular weight is 493 g/mol. The number of anilines is 1. The molecule has 8 heteroatoms. The van der Waals surface area contributed by atoms with Crippen molar-refractivity contribution in [3.8, 4) is 5.69 Å². The van der Waals surface area contributed by atoms with E-state index in [2.05, 4.69) is 5.10 Å². The molecule has 0 bridgehead atoms. The zero-order chi connectivity index (χ0) is 24.4. The Bertz CT molecular complexity index is 1320. The van der Waals surface area contributed by atoms with Crippen molar-refractivity contribution in [3.63, 3.8) is 0 Å². The second-order valence-corrected chi connectivity index (χ2v) is 11.5. The van der Waals surface area contributed by atoms with Crippen LogP contribution in [-0.2, 0) is 10.0 Å². The largest absolute Gasteiger partial charge is 0.353 e. The van der Waals surface area contributed by atoms with Crippen molar-refractivity contribution in [2.75, 3.05) is 31.1 Å². The molecule has 2 aromatic carbocycles. The minimum atomic E-state index is -3.55. The van der Waals surface area contributed by atoms with Crippen LogP contribution in [0.5, 0.6) is 0 Å². The normalized spacial score (nSPS) is 18.0. The Labute approximate surface area is 207 Å². The van der Waals surface area contributed by atoms with Crippen LogP contribution in [0.1, 0.15) is 49.1 Å². The molecule has 2 heterocycles. The Morgan fingerprint density at radius 3 is 2.11 bits per heavy atom. The summed E-state index contributed by atoms with van der Waals surface area (Å²) in [6.45, 7) is 3.77. The van der Waals surface area contributed by atoms with Gasteiger partial charge >= 0.3 is 0 Å². The van der Waals surface area contributed by atoms with E-state index in [9.17, 15) is 13.2 Å².